The second-order valence-electron chi connectivity index (χ2n) is 8.62. The van der Waals surface area contributed by atoms with Gasteiger partial charge in [-0.05, 0) is 23.8 Å². The summed E-state index contributed by atoms with van der Waals surface area (Å²) in [6.07, 6.45) is 1.53. The third kappa shape index (κ3) is 7.41. The van der Waals surface area contributed by atoms with Gasteiger partial charge in [-0.1, -0.05) is 44.2 Å². The summed E-state index contributed by atoms with van der Waals surface area (Å²) in [5.41, 5.74) is 7.18. The first kappa shape index (κ1) is 26.7. The number of halogens is 2. The number of nitrogens with two attached hydrogens (primary N) is 1. The topological polar surface area (TPSA) is 69.9 Å². The molecule has 2 saturated heterocycles. The maximum absolute atomic E-state index is 12.7. The Morgan fingerprint density at radius 1 is 0.933 bits per heavy atom. The van der Waals surface area contributed by atoms with Crippen LogP contribution < -0.4 is 5.73 Å². The van der Waals surface area contributed by atoms with E-state index in [2.05, 4.69) is 18.7 Å². The molecule has 0 spiro atoms. The molecule has 0 bridgehead atoms. The van der Waals surface area contributed by atoms with Gasteiger partial charge in [0.25, 0.3) is 0 Å². The van der Waals surface area contributed by atoms with Crippen LogP contribution in [0.1, 0.15) is 38.3 Å². The third-order valence-corrected chi connectivity index (χ3v) is 5.93. The molecule has 6 nitrogen and oxygen atoms in total. The number of nitrogens with zero attached hydrogens (tertiary/aromatic N) is 3. The van der Waals surface area contributed by atoms with Crippen LogP contribution in [0.15, 0.2) is 30.3 Å². The zero-order chi connectivity index (χ0) is 20.1. The van der Waals surface area contributed by atoms with E-state index < -0.39 is 0 Å². The predicted molar refractivity (Wildman–Crippen MR) is 125 cm³/mol. The molecule has 0 radical (unpaired) electrons. The summed E-state index contributed by atoms with van der Waals surface area (Å²) in [5, 5.41) is 0. The predicted octanol–water partition coefficient (Wildman–Crippen LogP) is 2.57. The summed E-state index contributed by atoms with van der Waals surface area (Å²) in [4.78, 5) is 31.3. The highest BCUT2D eigenvalue weighted by Gasteiger charge is 2.28. The number of likely N-dealkylation sites (tertiary alicyclic amines) is 1. The minimum Gasteiger partial charge on any atom is -0.341 e. The first-order valence-corrected chi connectivity index (χ1v) is 10.5. The van der Waals surface area contributed by atoms with Gasteiger partial charge in [0, 0.05) is 51.7 Å². The SMILES string of the molecule is CC1CC(C)CN(C(=O)CN2CCN(C(=O)CC(N)c3ccccc3)CC2)C1.Cl.Cl. The molecular formula is C22H36Cl2N4O2. The van der Waals surface area contributed by atoms with Gasteiger partial charge in [-0.3, -0.25) is 14.5 Å². The average molecular weight is 459 g/mol. The molecule has 0 aromatic heterocycles. The van der Waals surface area contributed by atoms with Gasteiger partial charge in [0.2, 0.25) is 11.8 Å². The Balaban J connectivity index is 0.00000225. The lowest BCUT2D eigenvalue weighted by molar-refractivity contribution is -0.137. The summed E-state index contributed by atoms with van der Waals surface area (Å²) in [6, 6.07) is 9.49. The molecule has 2 fully saturated rings. The Hall–Kier alpha value is -1.34. The van der Waals surface area contributed by atoms with Gasteiger partial charge in [-0.15, -0.1) is 24.8 Å². The summed E-state index contributed by atoms with van der Waals surface area (Å²) in [7, 11) is 0. The molecule has 8 heteroatoms. The van der Waals surface area contributed by atoms with Crippen molar-refractivity contribution < 1.29 is 9.59 Å². The molecular weight excluding hydrogens is 423 g/mol. The van der Waals surface area contributed by atoms with Crippen molar-refractivity contribution in [1.82, 2.24) is 14.7 Å². The van der Waals surface area contributed by atoms with E-state index in [4.69, 9.17) is 5.73 Å². The highest BCUT2D eigenvalue weighted by molar-refractivity contribution is 5.85. The van der Waals surface area contributed by atoms with Crippen molar-refractivity contribution in [3.8, 4) is 0 Å². The normalized spacial score (nSPS) is 23.2. The summed E-state index contributed by atoms with van der Waals surface area (Å²) in [5.74, 6) is 1.48. The number of carbonyl (C=O) groups excluding carboxylic acids is 2. The molecule has 170 valence electrons. The number of carbonyl (C=O) groups is 2. The maximum Gasteiger partial charge on any atom is 0.236 e. The molecule has 3 unspecified atom stereocenters. The fourth-order valence-electron chi connectivity index (χ4n) is 4.45. The standard InChI is InChI=1S/C22H34N4O2.2ClH/c1-17-12-18(2)15-26(14-17)22(28)16-24-8-10-25(11-9-24)21(27)13-20(23)19-6-4-3-5-7-19;;/h3-7,17-18,20H,8-16,23H2,1-2H3;2*1H. The third-order valence-electron chi connectivity index (χ3n) is 5.93. The maximum atomic E-state index is 12.7. The first-order valence-electron chi connectivity index (χ1n) is 10.5. The lowest BCUT2D eigenvalue weighted by atomic mass is 9.92. The molecule has 1 aromatic rings. The number of amides is 2. The van der Waals surface area contributed by atoms with Crippen LogP contribution in [0.4, 0.5) is 0 Å². The van der Waals surface area contributed by atoms with Crippen molar-refractivity contribution in [2.75, 3.05) is 45.8 Å². The highest BCUT2D eigenvalue weighted by atomic mass is 35.5. The fraction of sp³-hybridized carbons (Fsp3) is 0.636. The van der Waals surface area contributed by atoms with Crippen LogP contribution >= 0.6 is 24.8 Å². The van der Waals surface area contributed by atoms with Crippen molar-refractivity contribution in [3.63, 3.8) is 0 Å². The molecule has 3 rings (SSSR count). The molecule has 2 aliphatic rings. The van der Waals surface area contributed by atoms with Crippen LogP contribution in [0, 0.1) is 11.8 Å². The van der Waals surface area contributed by atoms with E-state index in [1.54, 1.807) is 0 Å². The Morgan fingerprint density at radius 2 is 1.50 bits per heavy atom. The summed E-state index contributed by atoms with van der Waals surface area (Å²) < 4.78 is 0. The minimum absolute atomic E-state index is 0. The quantitative estimate of drug-likeness (QED) is 0.735. The minimum atomic E-state index is -0.267. The Morgan fingerprint density at radius 3 is 2.07 bits per heavy atom. The molecule has 0 aliphatic carbocycles. The smallest absolute Gasteiger partial charge is 0.236 e. The Kier molecular flexibility index (Phi) is 11.1. The van der Waals surface area contributed by atoms with Gasteiger partial charge in [0.05, 0.1) is 6.54 Å². The van der Waals surface area contributed by atoms with E-state index in [9.17, 15) is 9.59 Å². The summed E-state index contributed by atoms with van der Waals surface area (Å²) >= 11 is 0. The highest BCUT2D eigenvalue weighted by Crippen LogP contribution is 2.21. The number of piperazine rings is 1. The van der Waals surface area contributed by atoms with Crippen LogP contribution in [0.2, 0.25) is 0 Å². The zero-order valence-electron chi connectivity index (χ0n) is 18.0. The number of hydrogen-bond acceptors (Lipinski definition) is 4. The Labute approximate surface area is 193 Å². The lowest BCUT2D eigenvalue weighted by Gasteiger charge is -2.38. The number of rotatable bonds is 5. The molecule has 3 atom stereocenters. The number of piperidine rings is 1. The fourth-order valence-corrected chi connectivity index (χ4v) is 4.45. The molecule has 1 aromatic carbocycles. The first-order chi connectivity index (χ1) is 13.4. The van der Waals surface area contributed by atoms with E-state index in [1.165, 1.54) is 6.42 Å². The van der Waals surface area contributed by atoms with Crippen LogP contribution in [-0.2, 0) is 9.59 Å². The molecule has 2 N–H and O–H groups in total. The van der Waals surface area contributed by atoms with E-state index in [0.29, 0.717) is 37.9 Å². The van der Waals surface area contributed by atoms with Crippen LogP contribution in [-0.4, -0.2) is 72.3 Å². The molecule has 0 saturated carbocycles. The molecule has 30 heavy (non-hydrogen) atoms. The van der Waals surface area contributed by atoms with Gasteiger partial charge >= 0.3 is 0 Å². The van der Waals surface area contributed by atoms with Crippen LogP contribution in [0.3, 0.4) is 0 Å². The van der Waals surface area contributed by atoms with Gasteiger partial charge in [0.15, 0.2) is 0 Å². The second-order valence-corrected chi connectivity index (χ2v) is 8.62. The van der Waals surface area contributed by atoms with Gasteiger partial charge < -0.3 is 15.5 Å². The van der Waals surface area contributed by atoms with E-state index in [1.807, 2.05) is 40.1 Å². The van der Waals surface area contributed by atoms with Crippen LogP contribution in [0.5, 0.6) is 0 Å². The number of benzene rings is 1. The second kappa shape index (κ2) is 12.5. The molecule has 2 heterocycles. The lowest BCUT2D eigenvalue weighted by Crippen LogP contribution is -2.53. The molecule has 2 amide bonds. The van der Waals surface area contributed by atoms with Crippen molar-refractivity contribution in [2.24, 2.45) is 17.6 Å². The number of hydrogen-bond donors (Lipinski definition) is 1. The van der Waals surface area contributed by atoms with Gasteiger partial charge in [-0.25, -0.2) is 0 Å². The van der Waals surface area contributed by atoms with Gasteiger partial charge in [-0.2, -0.15) is 0 Å². The van der Waals surface area contributed by atoms with Crippen molar-refractivity contribution in [3.05, 3.63) is 35.9 Å². The van der Waals surface area contributed by atoms with Crippen molar-refractivity contribution in [2.45, 2.75) is 32.7 Å². The van der Waals surface area contributed by atoms with Gasteiger partial charge in [0.1, 0.15) is 0 Å². The van der Waals surface area contributed by atoms with E-state index >= 15 is 0 Å². The van der Waals surface area contributed by atoms with Crippen LogP contribution in [0.25, 0.3) is 0 Å². The monoisotopic (exact) mass is 458 g/mol. The van der Waals surface area contributed by atoms with Crippen molar-refractivity contribution >= 4 is 36.6 Å². The zero-order valence-corrected chi connectivity index (χ0v) is 19.7. The van der Waals surface area contributed by atoms with E-state index in [0.717, 1.165) is 31.7 Å². The summed E-state index contributed by atoms with van der Waals surface area (Å²) in [6.45, 7) is 9.48. The Bertz CT molecular complexity index is 658. The van der Waals surface area contributed by atoms with Crippen molar-refractivity contribution in [1.29, 1.82) is 0 Å². The average Bonchev–Trinajstić information content (AvgIpc) is 2.68. The molecule has 2 aliphatic heterocycles. The largest absolute Gasteiger partial charge is 0.341 e. The van der Waals surface area contributed by atoms with E-state index in [-0.39, 0.29) is 42.7 Å².